The second-order valence-corrected chi connectivity index (χ2v) is 26.2. The van der Waals surface area contributed by atoms with E-state index in [2.05, 4.69) is 74.6 Å². The molecule has 0 aromatic carbocycles. The van der Waals surface area contributed by atoms with Crippen LogP contribution in [0, 0.1) is 0 Å². The number of aliphatic carboxylic acids is 1. The predicted molar refractivity (Wildman–Crippen MR) is 369 cm³/mol. The maximum Gasteiger partial charge on any atom is 0.361 e. The fourth-order valence-electron chi connectivity index (χ4n) is 10.9. The van der Waals surface area contributed by atoms with Crippen LogP contribution in [0.3, 0.4) is 0 Å². The Morgan fingerprint density at radius 2 is 0.663 bits per heavy atom. The summed E-state index contributed by atoms with van der Waals surface area (Å²) < 4.78 is 23.0. The average molecular weight is 1210 g/mol. The van der Waals surface area contributed by atoms with Crippen LogP contribution < -0.4 is 0 Å². The standard InChI is InChI=1S/C77H141NO8/c1-6-8-10-12-14-16-18-20-22-24-26-28-30-32-33-34-35-36-37-38-39-40-41-42-44-45-47-49-51-53-55-57-59-61-63-65-67-74(79)84-71-73(72-85-77(76(81)82)83-70-69-78(3,4)5)86-75(80)68-66-64-62-60-58-56-54-52-50-48-46-43-31-29-27-25-23-21-19-17-15-13-11-9-7-2/h9,11,15,17,21,23,27,29,43,46,73,77H,6-8,10,12-14,16,18-20,22,24-26,28,30-42,44-45,47-72H2,1-5H3/p+1/b11-9-,17-15-,23-21-,29-27-,46-43-. The molecule has 86 heavy (non-hydrogen) atoms. The van der Waals surface area contributed by atoms with Crippen molar-refractivity contribution in [2.24, 2.45) is 0 Å². The van der Waals surface area contributed by atoms with Gasteiger partial charge in [0.2, 0.25) is 0 Å². The molecular formula is C77H142NO8+. The summed E-state index contributed by atoms with van der Waals surface area (Å²) in [5.41, 5.74) is 0. The highest BCUT2D eigenvalue weighted by Crippen LogP contribution is 2.19. The molecule has 0 aliphatic carbocycles. The van der Waals surface area contributed by atoms with E-state index in [0.717, 1.165) is 77.0 Å². The molecule has 0 saturated heterocycles. The Bertz CT molecular complexity index is 1600. The lowest BCUT2D eigenvalue weighted by molar-refractivity contribution is -0.870. The Balaban J connectivity index is 4.01. The lowest BCUT2D eigenvalue weighted by atomic mass is 10.0. The van der Waals surface area contributed by atoms with Gasteiger partial charge in [-0.2, -0.15) is 0 Å². The third-order valence-corrected chi connectivity index (χ3v) is 16.5. The number of unbranched alkanes of at least 4 members (excludes halogenated alkanes) is 44. The number of esters is 2. The van der Waals surface area contributed by atoms with Gasteiger partial charge in [-0.15, -0.1) is 0 Å². The Morgan fingerprint density at radius 3 is 0.988 bits per heavy atom. The zero-order valence-corrected chi connectivity index (χ0v) is 57.5. The first-order chi connectivity index (χ1) is 42.1. The lowest BCUT2D eigenvalue weighted by Crippen LogP contribution is -2.40. The van der Waals surface area contributed by atoms with Crippen LogP contribution >= 0.6 is 0 Å². The first-order valence-electron chi connectivity index (χ1n) is 37.0. The second kappa shape index (κ2) is 67.9. The van der Waals surface area contributed by atoms with Crippen LogP contribution in [0.1, 0.15) is 354 Å². The zero-order valence-electron chi connectivity index (χ0n) is 57.5. The van der Waals surface area contributed by atoms with Crippen molar-refractivity contribution < 1.29 is 42.9 Å². The molecule has 1 N–H and O–H groups in total. The van der Waals surface area contributed by atoms with Gasteiger partial charge in [0.1, 0.15) is 13.2 Å². The molecule has 9 nitrogen and oxygen atoms in total. The van der Waals surface area contributed by atoms with Gasteiger partial charge in [0, 0.05) is 12.8 Å². The van der Waals surface area contributed by atoms with Crippen molar-refractivity contribution >= 4 is 17.9 Å². The first-order valence-corrected chi connectivity index (χ1v) is 37.0. The predicted octanol–water partition coefficient (Wildman–Crippen LogP) is 23.1. The van der Waals surface area contributed by atoms with Crippen molar-refractivity contribution in [2.45, 2.75) is 367 Å². The fraction of sp³-hybridized carbons (Fsp3) is 0.831. The molecule has 0 rings (SSSR count). The summed E-state index contributed by atoms with van der Waals surface area (Å²) >= 11 is 0. The third-order valence-electron chi connectivity index (χ3n) is 16.5. The molecule has 0 aliphatic heterocycles. The molecule has 2 unspecified atom stereocenters. The van der Waals surface area contributed by atoms with E-state index in [0.29, 0.717) is 23.9 Å². The van der Waals surface area contributed by atoms with Crippen molar-refractivity contribution in [3.63, 3.8) is 0 Å². The smallest absolute Gasteiger partial charge is 0.361 e. The normalized spacial score (nSPS) is 13.0. The number of carbonyl (C=O) groups is 3. The van der Waals surface area contributed by atoms with Crippen LogP contribution in [0.2, 0.25) is 0 Å². The maximum absolute atomic E-state index is 12.9. The van der Waals surface area contributed by atoms with Crippen molar-refractivity contribution in [1.82, 2.24) is 0 Å². The highest BCUT2D eigenvalue weighted by atomic mass is 16.7. The highest BCUT2D eigenvalue weighted by molar-refractivity contribution is 5.71. The molecule has 2 atom stereocenters. The summed E-state index contributed by atoms with van der Waals surface area (Å²) in [5, 5.41) is 9.75. The fourth-order valence-corrected chi connectivity index (χ4v) is 10.9. The Morgan fingerprint density at radius 1 is 0.360 bits per heavy atom. The molecular weight excluding hydrogens is 1070 g/mol. The van der Waals surface area contributed by atoms with Crippen molar-refractivity contribution in [3.8, 4) is 0 Å². The molecule has 0 amide bonds. The van der Waals surface area contributed by atoms with Crippen LogP contribution in [0.4, 0.5) is 0 Å². The molecule has 0 heterocycles. The summed E-state index contributed by atoms with van der Waals surface area (Å²) in [6, 6.07) is 0. The topological polar surface area (TPSA) is 108 Å². The van der Waals surface area contributed by atoms with Crippen LogP contribution in [-0.2, 0) is 33.3 Å². The third kappa shape index (κ3) is 68.5. The molecule has 502 valence electrons. The van der Waals surface area contributed by atoms with Crippen LogP contribution in [0.5, 0.6) is 0 Å². The summed E-state index contributed by atoms with van der Waals surface area (Å²) in [4.78, 5) is 37.6. The number of likely N-dealkylation sites (N-methyl/N-ethyl adjacent to an activating group) is 1. The van der Waals surface area contributed by atoms with Gasteiger partial charge in [-0.3, -0.25) is 9.59 Å². The zero-order chi connectivity index (χ0) is 62.6. The molecule has 9 heteroatoms. The van der Waals surface area contributed by atoms with E-state index in [1.807, 2.05) is 21.1 Å². The lowest BCUT2D eigenvalue weighted by Gasteiger charge is -2.25. The molecule has 0 saturated carbocycles. The number of rotatable bonds is 69. The number of nitrogens with zero attached hydrogens (tertiary/aromatic N) is 1. The van der Waals surface area contributed by atoms with Gasteiger partial charge in [-0.25, -0.2) is 4.79 Å². The van der Waals surface area contributed by atoms with Gasteiger partial charge in [0.05, 0.1) is 34.4 Å². The van der Waals surface area contributed by atoms with Gasteiger partial charge in [-0.05, 0) is 57.8 Å². The number of quaternary nitrogens is 1. The SMILES string of the molecule is CC/C=C\C/C=C\C/C=C\C/C=C\C/C=C\CCCCCCCCCCCC(=O)OC(COC(=O)CCCCCCCCCCCCCCCCCCCCCCCCCCCCCCCCCCCCCC)COC(OCC[N+](C)(C)C)C(=O)O. The molecule has 0 spiro atoms. The van der Waals surface area contributed by atoms with Crippen LogP contribution in [0.25, 0.3) is 0 Å². The molecule has 0 aromatic heterocycles. The number of hydrogen-bond donors (Lipinski definition) is 1. The number of carboxylic acid groups (broad SMARTS) is 1. The summed E-state index contributed by atoms with van der Waals surface area (Å²) in [7, 11) is 5.98. The monoisotopic (exact) mass is 1210 g/mol. The van der Waals surface area contributed by atoms with Gasteiger partial charge in [0.15, 0.2) is 6.10 Å². The number of ether oxygens (including phenoxy) is 4. The maximum atomic E-state index is 12.9. The molecule has 0 fully saturated rings. The number of carboxylic acids is 1. The minimum atomic E-state index is -1.51. The van der Waals surface area contributed by atoms with Crippen molar-refractivity contribution in [1.29, 1.82) is 0 Å². The number of hydrogen-bond acceptors (Lipinski definition) is 7. The van der Waals surface area contributed by atoms with E-state index >= 15 is 0 Å². The summed E-state index contributed by atoms with van der Waals surface area (Å²) in [6.07, 6.45) is 86.5. The molecule has 0 aromatic rings. The van der Waals surface area contributed by atoms with Crippen LogP contribution in [0.15, 0.2) is 60.8 Å². The quantitative estimate of drug-likeness (QED) is 0.0211. The molecule has 0 aliphatic rings. The van der Waals surface area contributed by atoms with Crippen molar-refractivity contribution in [2.75, 3.05) is 47.5 Å². The van der Waals surface area contributed by atoms with Gasteiger partial charge >= 0.3 is 17.9 Å². The second-order valence-electron chi connectivity index (χ2n) is 26.2. The Kier molecular flexibility index (Phi) is 65.5. The highest BCUT2D eigenvalue weighted by Gasteiger charge is 2.25. The van der Waals surface area contributed by atoms with Gasteiger partial charge in [-0.1, -0.05) is 344 Å². The van der Waals surface area contributed by atoms with E-state index in [9.17, 15) is 19.5 Å². The summed E-state index contributed by atoms with van der Waals surface area (Å²) in [6.45, 7) is 4.81. The van der Waals surface area contributed by atoms with E-state index in [4.69, 9.17) is 18.9 Å². The Hall–Kier alpha value is -3.01. The van der Waals surface area contributed by atoms with E-state index < -0.39 is 24.3 Å². The minimum absolute atomic E-state index is 0.183. The molecule has 0 radical (unpaired) electrons. The first kappa shape index (κ1) is 83.0. The van der Waals surface area contributed by atoms with E-state index in [-0.39, 0.29) is 32.2 Å². The minimum Gasteiger partial charge on any atom is -0.477 e. The molecule has 0 bridgehead atoms. The largest absolute Gasteiger partial charge is 0.477 e. The van der Waals surface area contributed by atoms with Crippen LogP contribution in [-0.4, -0.2) is 87.4 Å². The number of carbonyl (C=O) groups excluding carboxylic acids is 2. The summed E-state index contributed by atoms with van der Waals surface area (Å²) in [5.74, 6) is -2.00. The van der Waals surface area contributed by atoms with Gasteiger partial charge < -0.3 is 28.5 Å². The van der Waals surface area contributed by atoms with E-state index in [1.165, 1.54) is 244 Å². The Labute approximate surface area is 533 Å². The number of allylic oxidation sites excluding steroid dienone is 10. The van der Waals surface area contributed by atoms with Crippen molar-refractivity contribution in [3.05, 3.63) is 60.8 Å². The van der Waals surface area contributed by atoms with Gasteiger partial charge in [0.25, 0.3) is 6.29 Å². The average Bonchev–Trinajstić information content (AvgIpc) is 3.63. The van der Waals surface area contributed by atoms with E-state index in [1.54, 1.807) is 0 Å².